The van der Waals surface area contributed by atoms with E-state index in [1.54, 1.807) is 6.07 Å². The van der Waals surface area contributed by atoms with Gasteiger partial charge in [-0.05, 0) is 24.1 Å². The quantitative estimate of drug-likeness (QED) is 0.451. The SMILES string of the molecule is CCCCOC(COC(C)=O)c1ccc(O)c(O)c1. The molecule has 0 radical (unpaired) electrons. The third-order valence-electron chi connectivity index (χ3n) is 2.63. The standard InChI is InChI=1S/C14H20O5/c1-3-4-7-18-14(9-19-10(2)15)11-5-6-12(16)13(17)8-11/h5-6,8,14,16-17H,3-4,7,9H2,1-2H3. The fourth-order valence-corrected chi connectivity index (χ4v) is 1.54. The fourth-order valence-electron chi connectivity index (χ4n) is 1.54. The van der Waals surface area contributed by atoms with Crippen LogP contribution in [0.15, 0.2) is 18.2 Å². The second kappa shape index (κ2) is 7.63. The maximum absolute atomic E-state index is 10.9. The lowest BCUT2D eigenvalue weighted by molar-refractivity contribution is -0.145. The second-order valence-electron chi connectivity index (χ2n) is 4.26. The molecule has 0 aliphatic heterocycles. The van der Waals surface area contributed by atoms with Crippen molar-refractivity contribution in [2.45, 2.75) is 32.8 Å². The third-order valence-corrected chi connectivity index (χ3v) is 2.63. The van der Waals surface area contributed by atoms with Crippen molar-refractivity contribution >= 4 is 5.97 Å². The number of hydrogen-bond acceptors (Lipinski definition) is 5. The van der Waals surface area contributed by atoms with Gasteiger partial charge in [0.15, 0.2) is 11.5 Å². The molecule has 1 unspecified atom stereocenters. The Hall–Kier alpha value is -1.75. The topological polar surface area (TPSA) is 76.0 Å². The molecule has 5 heteroatoms. The molecular weight excluding hydrogens is 248 g/mol. The summed E-state index contributed by atoms with van der Waals surface area (Å²) < 4.78 is 10.6. The first-order chi connectivity index (χ1) is 9.04. The van der Waals surface area contributed by atoms with E-state index in [1.165, 1.54) is 19.1 Å². The summed E-state index contributed by atoms with van der Waals surface area (Å²) in [5.41, 5.74) is 0.660. The minimum atomic E-state index is -0.443. The van der Waals surface area contributed by atoms with Crippen molar-refractivity contribution in [3.63, 3.8) is 0 Å². The van der Waals surface area contributed by atoms with Gasteiger partial charge in [0.05, 0.1) is 0 Å². The maximum Gasteiger partial charge on any atom is 0.302 e. The summed E-state index contributed by atoms with van der Waals surface area (Å²) in [6.07, 6.45) is 1.46. The molecule has 0 heterocycles. The molecular formula is C14H20O5. The minimum Gasteiger partial charge on any atom is -0.504 e. The van der Waals surface area contributed by atoms with Crippen molar-refractivity contribution in [3.8, 4) is 11.5 Å². The molecule has 1 atom stereocenters. The molecule has 1 rings (SSSR count). The number of carbonyl (C=O) groups is 1. The van der Waals surface area contributed by atoms with Gasteiger partial charge in [0.1, 0.15) is 12.7 Å². The zero-order chi connectivity index (χ0) is 14.3. The molecule has 0 fully saturated rings. The van der Waals surface area contributed by atoms with E-state index in [-0.39, 0.29) is 24.1 Å². The van der Waals surface area contributed by atoms with Gasteiger partial charge in [0.2, 0.25) is 0 Å². The number of unbranched alkanes of at least 4 members (excludes halogenated alkanes) is 1. The van der Waals surface area contributed by atoms with Crippen LogP contribution in [0, 0.1) is 0 Å². The molecule has 2 N–H and O–H groups in total. The van der Waals surface area contributed by atoms with Crippen LogP contribution in [-0.2, 0) is 14.3 Å². The van der Waals surface area contributed by atoms with E-state index in [0.29, 0.717) is 12.2 Å². The Morgan fingerprint density at radius 1 is 1.32 bits per heavy atom. The van der Waals surface area contributed by atoms with Crippen molar-refractivity contribution < 1.29 is 24.5 Å². The molecule has 19 heavy (non-hydrogen) atoms. The highest BCUT2D eigenvalue weighted by Crippen LogP contribution is 2.29. The van der Waals surface area contributed by atoms with E-state index in [1.807, 2.05) is 0 Å². The van der Waals surface area contributed by atoms with Crippen LogP contribution in [0.4, 0.5) is 0 Å². The number of rotatable bonds is 7. The fraction of sp³-hybridized carbons (Fsp3) is 0.500. The number of esters is 1. The predicted molar refractivity (Wildman–Crippen MR) is 70.0 cm³/mol. The molecule has 0 amide bonds. The van der Waals surface area contributed by atoms with Gasteiger partial charge in [-0.1, -0.05) is 19.4 Å². The minimum absolute atomic E-state index is 0.0866. The first-order valence-electron chi connectivity index (χ1n) is 6.31. The number of aromatic hydroxyl groups is 2. The van der Waals surface area contributed by atoms with Crippen LogP contribution >= 0.6 is 0 Å². The van der Waals surface area contributed by atoms with Crippen molar-refractivity contribution in [1.82, 2.24) is 0 Å². The molecule has 0 saturated carbocycles. The first-order valence-corrected chi connectivity index (χ1v) is 6.31. The summed E-state index contributed by atoms with van der Waals surface area (Å²) in [7, 11) is 0. The number of carbonyl (C=O) groups excluding carboxylic acids is 1. The zero-order valence-electron chi connectivity index (χ0n) is 11.3. The average Bonchev–Trinajstić information content (AvgIpc) is 2.37. The van der Waals surface area contributed by atoms with Gasteiger partial charge in [-0.3, -0.25) is 4.79 Å². The zero-order valence-corrected chi connectivity index (χ0v) is 11.3. The Labute approximate surface area is 112 Å². The molecule has 0 bridgehead atoms. The maximum atomic E-state index is 10.9. The molecule has 0 aliphatic rings. The molecule has 0 aromatic heterocycles. The lowest BCUT2D eigenvalue weighted by Crippen LogP contribution is -2.14. The Bertz CT molecular complexity index is 416. The molecule has 106 valence electrons. The van der Waals surface area contributed by atoms with E-state index in [0.717, 1.165) is 12.8 Å². The van der Waals surface area contributed by atoms with Crippen LogP contribution < -0.4 is 0 Å². The molecule has 1 aromatic rings. The molecule has 0 saturated heterocycles. The van der Waals surface area contributed by atoms with Crippen LogP contribution in [0.3, 0.4) is 0 Å². The van der Waals surface area contributed by atoms with E-state index in [9.17, 15) is 15.0 Å². The van der Waals surface area contributed by atoms with Gasteiger partial charge < -0.3 is 19.7 Å². The number of benzene rings is 1. The summed E-state index contributed by atoms with van der Waals surface area (Å²) in [6.45, 7) is 4.02. The largest absolute Gasteiger partial charge is 0.504 e. The van der Waals surface area contributed by atoms with Crippen LogP contribution in [0.1, 0.15) is 38.4 Å². The van der Waals surface area contributed by atoms with Gasteiger partial charge in [-0.15, -0.1) is 0 Å². The summed E-state index contributed by atoms with van der Waals surface area (Å²) in [5, 5.41) is 18.8. The summed E-state index contributed by atoms with van der Waals surface area (Å²) >= 11 is 0. The molecule has 0 spiro atoms. The third kappa shape index (κ3) is 5.18. The molecule has 5 nitrogen and oxygen atoms in total. The summed E-state index contributed by atoms with van der Waals surface area (Å²) in [6, 6.07) is 4.43. The first kappa shape index (κ1) is 15.3. The highest BCUT2D eigenvalue weighted by atomic mass is 16.6. The summed E-state index contributed by atoms with van der Waals surface area (Å²) in [4.78, 5) is 10.9. The van der Waals surface area contributed by atoms with E-state index in [2.05, 4.69) is 6.92 Å². The van der Waals surface area contributed by atoms with E-state index < -0.39 is 6.10 Å². The van der Waals surface area contributed by atoms with Crippen molar-refractivity contribution in [3.05, 3.63) is 23.8 Å². The number of hydrogen-bond donors (Lipinski definition) is 2. The Balaban J connectivity index is 2.74. The molecule has 1 aromatic carbocycles. The lowest BCUT2D eigenvalue weighted by atomic mass is 10.1. The Morgan fingerprint density at radius 3 is 2.63 bits per heavy atom. The normalized spacial score (nSPS) is 12.1. The Kier molecular flexibility index (Phi) is 6.15. The molecule has 0 aliphatic carbocycles. The summed E-state index contributed by atoms with van der Waals surface area (Å²) in [5.74, 6) is -0.792. The predicted octanol–water partition coefficient (Wildman–Crippen LogP) is 2.52. The highest BCUT2D eigenvalue weighted by molar-refractivity contribution is 5.65. The van der Waals surface area contributed by atoms with Crippen LogP contribution in [-0.4, -0.2) is 29.4 Å². The van der Waals surface area contributed by atoms with Gasteiger partial charge in [-0.2, -0.15) is 0 Å². The Morgan fingerprint density at radius 2 is 2.05 bits per heavy atom. The monoisotopic (exact) mass is 268 g/mol. The average molecular weight is 268 g/mol. The number of ether oxygens (including phenoxy) is 2. The van der Waals surface area contributed by atoms with Crippen molar-refractivity contribution in [2.24, 2.45) is 0 Å². The van der Waals surface area contributed by atoms with Crippen molar-refractivity contribution in [2.75, 3.05) is 13.2 Å². The van der Waals surface area contributed by atoms with Gasteiger partial charge in [0, 0.05) is 13.5 Å². The van der Waals surface area contributed by atoms with Crippen LogP contribution in [0.25, 0.3) is 0 Å². The second-order valence-corrected chi connectivity index (χ2v) is 4.26. The number of phenols is 2. The van der Waals surface area contributed by atoms with Crippen LogP contribution in [0.5, 0.6) is 11.5 Å². The van der Waals surface area contributed by atoms with E-state index >= 15 is 0 Å². The van der Waals surface area contributed by atoms with Gasteiger partial charge in [-0.25, -0.2) is 0 Å². The smallest absolute Gasteiger partial charge is 0.302 e. The van der Waals surface area contributed by atoms with Crippen LogP contribution in [0.2, 0.25) is 0 Å². The highest BCUT2D eigenvalue weighted by Gasteiger charge is 2.15. The van der Waals surface area contributed by atoms with Crippen molar-refractivity contribution in [1.29, 1.82) is 0 Å². The number of phenolic OH excluding ortho intramolecular Hbond substituents is 2. The lowest BCUT2D eigenvalue weighted by Gasteiger charge is -2.18. The van der Waals surface area contributed by atoms with E-state index in [4.69, 9.17) is 9.47 Å². The van der Waals surface area contributed by atoms with Gasteiger partial charge in [0.25, 0.3) is 0 Å². The van der Waals surface area contributed by atoms with Gasteiger partial charge >= 0.3 is 5.97 Å².